The summed E-state index contributed by atoms with van der Waals surface area (Å²) in [6.07, 6.45) is 0. The molecule has 0 aliphatic rings. The quantitative estimate of drug-likeness (QED) is 0.798. The summed E-state index contributed by atoms with van der Waals surface area (Å²) < 4.78 is 5.79. The van der Waals surface area contributed by atoms with Crippen LogP contribution in [0.25, 0.3) is 0 Å². The summed E-state index contributed by atoms with van der Waals surface area (Å²) in [6.45, 7) is 6.63. The lowest BCUT2D eigenvalue weighted by Gasteiger charge is -2.11. The van der Waals surface area contributed by atoms with Gasteiger partial charge in [-0.25, -0.2) is 0 Å². The van der Waals surface area contributed by atoms with Gasteiger partial charge in [-0.15, -0.1) is 0 Å². The van der Waals surface area contributed by atoms with Gasteiger partial charge in [0.05, 0.1) is 0 Å². The van der Waals surface area contributed by atoms with Crippen LogP contribution in [-0.2, 0) is 6.54 Å². The van der Waals surface area contributed by atoms with E-state index in [0.29, 0.717) is 6.61 Å². The monoisotopic (exact) mass is 255 g/mol. The molecule has 2 aromatic rings. The topological polar surface area (TPSA) is 21.3 Å². The highest BCUT2D eigenvalue weighted by Crippen LogP contribution is 2.20. The molecule has 0 amide bonds. The van der Waals surface area contributed by atoms with Crippen LogP contribution in [0, 0.1) is 13.8 Å². The maximum Gasteiger partial charge on any atom is 0.122 e. The minimum absolute atomic E-state index is 0.692. The van der Waals surface area contributed by atoms with E-state index in [-0.39, 0.29) is 0 Å². The zero-order valence-electron chi connectivity index (χ0n) is 11.6. The largest absolute Gasteiger partial charge is 0.492 e. The first-order chi connectivity index (χ1) is 9.27. The van der Waals surface area contributed by atoms with Crippen LogP contribution in [0.1, 0.15) is 16.7 Å². The van der Waals surface area contributed by atoms with Crippen LogP contribution in [-0.4, -0.2) is 13.2 Å². The Balaban J connectivity index is 1.71. The number of benzene rings is 2. The zero-order valence-corrected chi connectivity index (χ0v) is 11.6. The number of ether oxygens (including phenoxy) is 1. The highest BCUT2D eigenvalue weighted by molar-refractivity contribution is 5.38. The van der Waals surface area contributed by atoms with E-state index in [4.69, 9.17) is 4.74 Å². The third kappa shape index (κ3) is 4.11. The molecule has 2 aromatic carbocycles. The molecule has 2 nitrogen and oxygen atoms in total. The molecule has 0 unspecified atom stereocenters. The van der Waals surface area contributed by atoms with Gasteiger partial charge >= 0.3 is 0 Å². The Hall–Kier alpha value is -1.80. The molecule has 0 fully saturated rings. The molecule has 2 rings (SSSR count). The van der Waals surface area contributed by atoms with E-state index in [1.54, 1.807) is 0 Å². The summed E-state index contributed by atoms with van der Waals surface area (Å²) in [5.41, 5.74) is 3.80. The van der Waals surface area contributed by atoms with Crippen LogP contribution in [0.3, 0.4) is 0 Å². The van der Waals surface area contributed by atoms with Crippen molar-refractivity contribution in [3.63, 3.8) is 0 Å². The standard InChI is InChI=1S/C17H21NO/c1-14-7-6-10-17(15(14)2)19-12-11-18-13-16-8-4-3-5-9-16/h3-10,18H,11-13H2,1-2H3. The first-order valence-electron chi connectivity index (χ1n) is 6.71. The molecule has 19 heavy (non-hydrogen) atoms. The van der Waals surface area contributed by atoms with Crippen molar-refractivity contribution in [2.45, 2.75) is 20.4 Å². The number of nitrogens with one attached hydrogen (secondary N) is 1. The molecular formula is C17H21NO. The number of aryl methyl sites for hydroxylation is 1. The predicted octanol–water partition coefficient (Wildman–Crippen LogP) is 3.47. The Bertz CT molecular complexity index is 508. The van der Waals surface area contributed by atoms with E-state index in [1.165, 1.54) is 16.7 Å². The molecular weight excluding hydrogens is 234 g/mol. The SMILES string of the molecule is Cc1cccc(OCCNCc2ccccc2)c1C. The zero-order chi connectivity index (χ0) is 13.5. The maximum atomic E-state index is 5.79. The van der Waals surface area contributed by atoms with Crippen LogP contribution < -0.4 is 10.1 Å². The van der Waals surface area contributed by atoms with Crippen LogP contribution in [0.2, 0.25) is 0 Å². The Labute approximate surface area is 115 Å². The summed E-state index contributed by atoms with van der Waals surface area (Å²) >= 11 is 0. The highest BCUT2D eigenvalue weighted by Gasteiger charge is 2.00. The first-order valence-corrected chi connectivity index (χ1v) is 6.71. The van der Waals surface area contributed by atoms with Gasteiger partial charge in [0.15, 0.2) is 0 Å². The van der Waals surface area contributed by atoms with Crippen molar-refractivity contribution in [1.29, 1.82) is 0 Å². The second-order valence-corrected chi connectivity index (χ2v) is 4.71. The third-order valence-electron chi connectivity index (χ3n) is 3.26. The van der Waals surface area contributed by atoms with Crippen LogP contribution in [0.5, 0.6) is 5.75 Å². The molecule has 0 saturated carbocycles. The molecule has 0 saturated heterocycles. The molecule has 0 aliphatic heterocycles. The normalized spacial score (nSPS) is 10.4. The van der Waals surface area contributed by atoms with Gasteiger partial charge in [-0.1, -0.05) is 42.5 Å². The molecule has 0 heterocycles. The number of hydrogen-bond donors (Lipinski definition) is 1. The Kier molecular flexibility index (Phi) is 4.99. The van der Waals surface area contributed by atoms with Gasteiger partial charge in [-0.05, 0) is 36.6 Å². The molecule has 0 spiro atoms. The van der Waals surface area contributed by atoms with Crippen molar-refractivity contribution < 1.29 is 4.74 Å². The fourth-order valence-corrected chi connectivity index (χ4v) is 1.94. The molecule has 1 N–H and O–H groups in total. The molecule has 0 atom stereocenters. The van der Waals surface area contributed by atoms with Crippen molar-refractivity contribution in [3.8, 4) is 5.75 Å². The minimum atomic E-state index is 0.692. The van der Waals surface area contributed by atoms with E-state index in [9.17, 15) is 0 Å². The van der Waals surface area contributed by atoms with Crippen LogP contribution in [0.15, 0.2) is 48.5 Å². The van der Waals surface area contributed by atoms with E-state index >= 15 is 0 Å². The van der Waals surface area contributed by atoms with Crippen molar-refractivity contribution in [1.82, 2.24) is 5.32 Å². The molecule has 0 aromatic heterocycles. The Morgan fingerprint density at radius 1 is 0.947 bits per heavy atom. The lowest BCUT2D eigenvalue weighted by molar-refractivity contribution is 0.311. The van der Waals surface area contributed by atoms with Gasteiger partial charge in [0.2, 0.25) is 0 Å². The van der Waals surface area contributed by atoms with Crippen molar-refractivity contribution in [3.05, 3.63) is 65.2 Å². The number of hydrogen-bond acceptors (Lipinski definition) is 2. The van der Waals surface area contributed by atoms with Gasteiger partial charge in [-0.3, -0.25) is 0 Å². The minimum Gasteiger partial charge on any atom is -0.492 e. The molecule has 2 heteroatoms. The van der Waals surface area contributed by atoms with Gasteiger partial charge in [-0.2, -0.15) is 0 Å². The summed E-state index contributed by atoms with van der Waals surface area (Å²) in [5, 5.41) is 3.38. The smallest absolute Gasteiger partial charge is 0.122 e. The first kappa shape index (κ1) is 13.6. The van der Waals surface area contributed by atoms with E-state index in [0.717, 1.165) is 18.8 Å². The fraction of sp³-hybridized carbons (Fsp3) is 0.294. The van der Waals surface area contributed by atoms with Crippen LogP contribution in [0.4, 0.5) is 0 Å². The van der Waals surface area contributed by atoms with E-state index in [1.807, 2.05) is 18.2 Å². The van der Waals surface area contributed by atoms with E-state index < -0.39 is 0 Å². The molecule has 0 aliphatic carbocycles. The average molecular weight is 255 g/mol. The van der Waals surface area contributed by atoms with Gasteiger partial charge < -0.3 is 10.1 Å². The molecule has 0 radical (unpaired) electrons. The van der Waals surface area contributed by atoms with Crippen molar-refractivity contribution >= 4 is 0 Å². The lowest BCUT2D eigenvalue weighted by Crippen LogP contribution is -2.20. The molecule has 100 valence electrons. The van der Waals surface area contributed by atoms with Gasteiger partial charge in [0.25, 0.3) is 0 Å². The summed E-state index contributed by atoms with van der Waals surface area (Å²) in [6, 6.07) is 16.6. The van der Waals surface area contributed by atoms with Gasteiger partial charge in [0, 0.05) is 13.1 Å². The number of rotatable bonds is 6. The highest BCUT2D eigenvalue weighted by atomic mass is 16.5. The van der Waals surface area contributed by atoms with Crippen molar-refractivity contribution in [2.75, 3.05) is 13.2 Å². The second kappa shape index (κ2) is 6.95. The van der Waals surface area contributed by atoms with E-state index in [2.05, 4.69) is 49.5 Å². The lowest BCUT2D eigenvalue weighted by atomic mass is 10.1. The second-order valence-electron chi connectivity index (χ2n) is 4.71. The maximum absolute atomic E-state index is 5.79. The van der Waals surface area contributed by atoms with Crippen molar-refractivity contribution in [2.24, 2.45) is 0 Å². The summed E-state index contributed by atoms with van der Waals surface area (Å²) in [4.78, 5) is 0. The summed E-state index contributed by atoms with van der Waals surface area (Å²) in [7, 11) is 0. The fourth-order valence-electron chi connectivity index (χ4n) is 1.94. The average Bonchev–Trinajstić information content (AvgIpc) is 2.44. The van der Waals surface area contributed by atoms with Crippen LogP contribution >= 0.6 is 0 Å². The predicted molar refractivity (Wildman–Crippen MR) is 79.6 cm³/mol. The Morgan fingerprint density at radius 3 is 2.53 bits per heavy atom. The molecule has 0 bridgehead atoms. The Morgan fingerprint density at radius 2 is 1.74 bits per heavy atom. The summed E-state index contributed by atoms with van der Waals surface area (Å²) in [5.74, 6) is 0.988. The third-order valence-corrected chi connectivity index (χ3v) is 3.26. The van der Waals surface area contributed by atoms with Gasteiger partial charge in [0.1, 0.15) is 12.4 Å².